The van der Waals surface area contributed by atoms with Gasteiger partial charge in [-0.25, -0.2) is 0 Å². The van der Waals surface area contributed by atoms with Crippen LogP contribution in [0.15, 0.2) is 24.3 Å². The topological polar surface area (TPSA) is 96.4 Å². The van der Waals surface area contributed by atoms with E-state index in [9.17, 15) is 19.5 Å². The molecular formula is C31H48N2O6. The van der Waals surface area contributed by atoms with Crippen molar-refractivity contribution in [3.63, 3.8) is 0 Å². The maximum absolute atomic E-state index is 14.7. The molecule has 0 aromatic rings. The van der Waals surface area contributed by atoms with Gasteiger partial charge in [-0.3, -0.25) is 14.4 Å². The molecule has 1 N–H and O–H groups in total. The fourth-order valence-corrected chi connectivity index (χ4v) is 7.62. The van der Waals surface area contributed by atoms with Crippen molar-refractivity contribution in [1.82, 2.24) is 9.80 Å². The molecule has 0 aromatic carbocycles. The summed E-state index contributed by atoms with van der Waals surface area (Å²) in [5.74, 6) is -2.46. The molecule has 2 amide bonds. The Hall–Kier alpha value is -2.19. The van der Waals surface area contributed by atoms with Crippen LogP contribution in [0.4, 0.5) is 0 Å². The van der Waals surface area contributed by atoms with E-state index in [1.165, 1.54) is 0 Å². The van der Waals surface area contributed by atoms with Gasteiger partial charge in [0.1, 0.15) is 23.2 Å². The molecule has 1 spiro atoms. The minimum absolute atomic E-state index is 0.00979. The highest BCUT2D eigenvalue weighted by Gasteiger charge is 2.75. The van der Waals surface area contributed by atoms with Gasteiger partial charge in [0.15, 0.2) is 0 Å². The van der Waals surface area contributed by atoms with E-state index in [-0.39, 0.29) is 23.8 Å². The lowest BCUT2D eigenvalue weighted by atomic mass is 9.73. The molecule has 8 heteroatoms. The van der Waals surface area contributed by atoms with Gasteiger partial charge in [-0.05, 0) is 64.2 Å². The molecule has 218 valence electrons. The van der Waals surface area contributed by atoms with Gasteiger partial charge < -0.3 is 24.4 Å². The van der Waals surface area contributed by atoms with Crippen molar-refractivity contribution >= 4 is 17.8 Å². The van der Waals surface area contributed by atoms with Gasteiger partial charge in [-0.2, -0.15) is 0 Å². The van der Waals surface area contributed by atoms with Crippen molar-refractivity contribution in [3.8, 4) is 0 Å². The average Bonchev–Trinajstić information content (AvgIpc) is 3.21. The van der Waals surface area contributed by atoms with Crippen LogP contribution >= 0.6 is 0 Å². The molecule has 1 unspecified atom stereocenters. The summed E-state index contributed by atoms with van der Waals surface area (Å²) in [6.07, 6.45) is 12.6. The number of hydrogen-bond donors (Lipinski definition) is 1. The summed E-state index contributed by atoms with van der Waals surface area (Å²) in [5, 5.41) is 9.28. The first-order chi connectivity index (χ1) is 18.3. The standard InChI is InChI=1S/C31H48N2O6/c1-7-30-15-10-8-13-20-38-27(37)23(30)22-25(35)32(17-11-9-12-19-34)24-26(36)33(18-14-16-31(22,24)39-30)29(5,6)21-28(2,3)4/h10,14-16,22-24,34H,7-9,11-13,17-21H2,1-6H3/b15-10-/t22-,23-,24?,30+,31-/m0/s1. The van der Waals surface area contributed by atoms with E-state index in [2.05, 4.69) is 34.6 Å². The highest BCUT2D eigenvalue weighted by molar-refractivity contribution is 5.99. The van der Waals surface area contributed by atoms with Crippen molar-refractivity contribution < 1.29 is 29.0 Å². The summed E-state index contributed by atoms with van der Waals surface area (Å²) in [5.41, 5.74) is -2.76. The maximum atomic E-state index is 14.7. The van der Waals surface area contributed by atoms with E-state index in [0.717, 1.165) is 19.3 Å². The van der Waals surface area contributed by atoms with Gasteiger partial charge in [-0.15, -0.1) is 0 Å². The van der Waals surface area contributed by atoms with Gasteiger partial charge in [-0.1, -0.05) is 52.0 Å². The van der Waals surface area contributed by atoms with Gasteiger partial charge >= 0.3 is 5.97 Å². The lowest BCUT2D eigenvalue weighted by molar-refractivity contribution is -0.162. The number of aliphatic hydroxyl groups excluding tert-OH is 1. The number of amides is 2. The van der Waals surface area contributed by atoms with E-state index in [1.54, 1.807) is 4.90 Å². The normalized spacial score (nSPS) is 34.0. The first-order valence-corrected chi connectivity index (χ1v) is 14.8. The number of unbranched alkanes of at least 4 members (excludes halogenated alkanes) is 2. The first-order valence-electron chi connectivity index (χ1n) is 14.8. The van der Waals surface area contributed by atoms with Crippen LogP contribution < -0.4 is 0 Å². The summed E-state index contributed by atoms with van der Waals surface area (Å²) in [7, 11) is 0. The monoisotopic (exact) mass is 544 g/mol. The van der Waals surface area contributed by atoms with Crippen molar-refractivity contribution in [1.29, 1.82) is 0 Å². The van der Waals surface area contributed by atoms with Crippen LogP contribution in [0.2, 0.25) is 0 Å². The molecule has 0 radical (unpaired) electrons. The Morgan fingerprint density at radius 1 is 1.00 bits per heavy atom. The van der Waals surface area contributed by atoms with Crippen LogP contribution in [0.5, 0.6) is 0 Å². The third-order valence-corrected chi connectivity index (χ3v) is 8.88. The molecule has 8 nitrogen and oxygen atoms in total. The van der Waals surface area contributed by atoms with Crippen molar-refractivity contribution in [3.05, 3.63) is 24.3 Å². The molecule has 4 rings (SSSR count). The molecule has 4 aliphatic rings. The Labute approximate surface area is 233 Å². The molecule has 0 aromatic heterocycles. The maximum Gasteiger partial charge on any atom is 0.313 e. The Morgan fingerprint density at radius 2 is 1.74 bits per heavy atom. The van der Waals surface area contributed by atoms with Crippen molar-refractivity contribution in [2.24, 2.45) is 17.3 Å². The molecular weight excluding hydrogens is 496 g/mol. The van der Waals surface area contributed by atoms with E-state index in [1.807, 2.05) is 36.1 Å². The summed E-state index contributed by atoms with van der Waals surface area (Å²) in [6.45, 7) is 13.8. The Morgan fingerprint density at radius 3 is 2.41 bits per heavy atom. The number of allylic oxidation sites excluding steroid dienone is 1. The smallest absolute Gasteiger partial charge is 0.313 e. The van der Waals surface area contributed by atoms with E-state index in [0.29, 0.717) is 45.4 Å². The van der Waals surface area contributed by atoms with Gasteiger partial charge in [0.2, 0.25) is 11.8 Å². The summed E-state index contributed by atoms with van der Waals surface area (Å²) < 4.78 is 12.7. The van der Waals surface area contributed by atoms with Crippen LogP contribution in [-0.2, 0) is 23.9 Å². The number of nitrogens with zero attached hydrogens (tertiary/aromatic N) is 2. The van der Waals surface area contributed by atoms with Crippen LogP contribution in [0.3, 0.4) is 0 Å². The molecule has 0 saturated carbocycles. The number of fused-ring (bicyclic) bond motifs is 2. The number of cyclic esters (lactones) is 1. The summed E-state index contributed by atoms with van der Waals surface area (Å²) in [6, 6.07) is -0.873. The van der Waals surface area contributed by atoms with E-state index < -0.39 is 40.6 Å². The molecule has 2 saturated heterocycles. The van der Waals surface area contributed by atoms with E-state index in [4.69, 9.17) is 9.47 Å². The summed E-state index contributed by atoms with van der Waals surface area (Å²) >= 11 is 0. The number of carbonyl (C=O) groups excluding carboxylic acids is 3. The van der Waals surface area contributed by atoms with Gasteiger partial charge in [0.25, 0.3) is 0 Å². The minimum atomic E-state index is -1.26. The number of ether oxygens (including phenoxy) is 2. The fourth-order valence-electron chi connectivity index (χ4n) is 7.62. The Kier molecular flexibility index (Phi) is 8.40. The highest BCUT2D eigenvalue weighted by Crippen LogP contribution is 2.58. The van der Waals surface area contributed by atoms with Crippen molar-refractivity contribution in [2.75, 3.05) is 26.3 Å². The molecule has 4 heterocycles. The number of aliphatic hydroxyl groups is 1. The summed E-state index contributed by atoms with van der Waals surface area (Å²) in [4.78, 5) is 46.2. The zero-order valence-corrected chi connectivity index (χ0v) is 24.7. The van der Waals surface area contributed by atoms with Gasteiger partial charge in [0.05, 0.1) is 12.5 Å². The second-order valence-electron chi connectivity index (χ2n) is 13.6. The first kappa shape index (κ1) is 29.8. The number of likely N-dealkylation sites (tertiary alicyclic amines) is 1. The number of rotatable bonds is 8. The Bertz CT molecular complexity index is 1010. The van der Waals surface area contributed by atoms with Crippen LogP contribution in [-0.4, -0.2) is 81.8 Å². The highest BCUT2D eigenvalue weighted by atomic mass is 16.6. The van der Waals surface area contributed by atoms with Crippen LogP contribution in [0, 0.1) is 17.3 Å². The SMILES string of the molecule is CC[C@@]12/C=C\CCCOC(=O)[C@@H]1[C@H]1C(=O)N(CCCCCO)C3C(=O)N(C(C)(C)CC(C)(C)C)CC=C[C@@]31O2. The largest absolute Gasteiger partial charge is 0.465 e. The van der Waals surface area contributed by atoms with Crippen LogP contribution in [0.1, 0.15) is 86.5 Å². The predicted octanol–water partition coefficient (Wildman–Crippen LogP) is 4.02. The van der Waals surface area contributed by atoms with Crippen molar-refractivity contribution in [2.45, 2.75) is 109 Å². The third-order valence-electron chi connectivity index (χ3n) is 8.88. The number of hydrogen-bond acceptors (Lipinski definition) is 6. The van der Waals surface area contributed by atoms with E-state index >= 15 is 0 Å². The molecule has 0 bridgehead atoms. The second kappa shape index (κ2) is 11.0. The predicted molar refractivity (Wildman–Crippen MR) is 149 cm³/mol. The average molecular weight is 545 g/mol. The zero-order valence-electron chi connectivity index (χ0n) is 24.7. The lowest BCUT2D eigenvalue weighted by Crippen LogP contribution is -2.60. The fraction of sp³-hybridized carbons (Fsp3) is 0.774. The molecule has 5 atom stereocenters. The molecule has 0 aliphatic carbocycles. The van der Waals surface area contributed by atoms with Gasteiger partial charge in [0, 0.05) is 25.2 Å². The zero-order chi connectivity index (χ0) is 28.6. The molecule has 4 aliphatic heterocycles. The number of esters is 1. The third kappa shape index (κ3) is 5.31. The minimum Gasteiger partial charge on any atom is -0.465 e. The molecule has 2 fully saturated rings. The lowest BCUT2D eigenvalue weighted by Gasteiger charge is -2.45. The van der Waals surface area contributed by atoms with Crippen LogP contribution in [0.25, 0.3) is 0 Å². The Balaban J connectivity index is 1.83. The molecule has 39 heavy (non-hydrogen) atoms. The second-order valence-corrected chi connectivity index (χ2v) is 13.6. The quantitative estimate of drug-likeness (QED) is 0.282. The number of carbonyl (C=O) groups is 3.